The van der Waals surface area contributed by atoms with Crippen LogP contribution >= 0.6 is 0 Å². The zero-order chi connectivity index (χ0) is 18.9. The molecular weight excluding hydrogens is 351 g/mol. The van der Waals surface area contributed by atoms with Crippen molar-refractivity contribution in [1.82, 2.24) is 0 Å². The van der Waals surface area contributed by atoms with Gasteiger partial charge in [-0.15, -0.1) is 0 Å². The molecule has 0 saturated carbocycles. The van der Waals surface area contributed by atoms with Gasteiger partial charge < -0.3 is 38.1 Å². The van der Waals surface area contributed by atoms with Crippen LogP contribution in [0.3, 0.4) is 0 Å². The molecule has 1 aromatic carbocycles. The normalized spacial score (nSPS) is 12.3. The van der Waals surface area contributed by atoms with E-state index in [-0.39, 0.29) is 49.1 Å². The van der Waals surface area contributed by atoms with E-state index in [0.29, 0.717) is 0 Å². The van der Waals surface area contributed by atoms with Gasteiger partial charge in [0.1, 0.15) is 24.4 Å². The van der Waals surface area contributed by atoms with Crippen LogP contribution in [0, 0.1) is 0 Å². The Hall–Kier alpha value is -2.66. The van der Waals surface area contributed by atoms with Crippen LogP contribution in [-0.4, -0.2) is 64.5 Å². The van der Waals surface area contributed by atoms with Crippen LogP contribution < -0.4 is 14.1 Å². The van der Waals surface area contributed by atoms with E-state index in [4.69, 9.17) is 23.6 Å². The number of methoxy groups -OCH3 is 1. The van der Waals surface area contributed by atoms with Crippen LogP contribution in [0.2, 0.25) is 0 Å². The smallest absolute Gasteiger partial charge is 0.531 e. The van der Waals surface area contributed by atoms with Crippen molar-refractivity contribution in [3.05, 3.63) is 17.7 Å². The zero-order valence-electron chi connectivity index (χ0n) is 14.4. The van der Waals surface area contributed by atoms with Crippen molar-refractivity contribution in [2.75, 3.05) is 40.2 Å². The Morgan fingerprint density at radius 1 is 1.23 bits per heavy atom. The second-order valence-electron chi connectivity index (χ2n) is 4.87. The molecule has 10 nitrogen and oxygen atoms in total. The van der Waals surface area contributed by atoms with Crippen LogP contribution in [0.1, 0.15) is 17.3 Å². The lowest BCUT2D eigenvalue weighted by molar-refractivity contribution is -0.0316. The van der Waals surface area contributed by atoms with E-state index in [2.05, 4.69) is 9.47 Å². The Morgan fingerprint density at radius 2 is 2.04 bits per heavy atom. The van der Waals surface area contributed by atoms with Crippen LogP contribution in [0.25, 0.3) is 0 Å². The number of fused-ring (bicyclic) bond motifs is 1. The summed E-state index contributed by atoms with van der Waals surface area (Å²) in [4.78, 5) is 23.7. The second-order valence-corrected chi connectivity index (χ2v) is 4.87. The van der Waals surface area contributed by atoms with E-state index in [0.717, 1.165) is 0 Å². The van der Waals surface area contributed by atoms with E-state index < -0.39 is 26.0 Å². The average Bonchev–Trinajstić information content (AvgIpc) is 2.61. The minimum absolute atomic E-state index is 0.00697. The number of rotatable bonds is 8. The average molecular weight is 370 g/mol. The highest BCUT2D eigenvalue weighted by Gasteiger charge is 2.32. The first-order valence-electron chi connectivity index (χ1n) is 7.79. The third-order valence-corrected chi connectivity index (χ3v) is 3.10. The van der Waals surface area contributed by atoms with E-state index >= 15 is 0 Å². The standard InChI is InChI=1S/C15H19BO10/c1-3-21-10-4-5-11-13(26-16(19)8-23-11)12(10)14(17)24-9-25-15(18)22-7-6-20-2/h4-5,19H,3,6-9H2,1-2H3. The molecule has 1 aromatic rings. The largest absolute Gasteiger partial charge is 0.563 e. The van der Waals surface area contributed by atoms with E-state index in [1.807, 2.05) is 0 Å². The lowest BCUT2D eigenvalue weighted by Gasteiger charge is -2.23. The topological polar surface area (TPSA) is 119 Å². The van der Waals surface area contributed by atoms with Crippen LogP contribution in [0.15, 0.2) is 12.1 Å². The molecule has 2 rings (SSSR count). The number of hydrogen-bond acceptors (Lipinski definition) is 10. The molecule has 0 spiro atoms. The molecule has 0 amide bonds. The van der Waals surface area contributed by atoms with Gasteiger partial charge >= 0.3 is 19.2 Å². The molecule has 0 radical (unpaired) electrons. The molecular formula is C15H19BO10. The molecule has 1 N–H and O–H groups in total. The molecule has 0 bridgehead atoms. The van der Waals surface area contributed by atoms with Crippen LogP contribution in [0.5, 0.6) is 17.2 Å². The number of hydrogen-bond donors (Lipinski definition) is 1. The van der Waals surface area contributed by atoms with E-state index in [9.17, 15) is 14.6 Å². The third kappa shape index (κ3) is 5.17. The predicted octanol–water partition coefficient (Wildman–Crippen LogP) is 0.790. The summed E-state index contributed by atoms with van der Waals surface area (Å²) in [6.45, 7) is 1.48. The predicted molar refractivity (Wildman–Crippen MR) is 86.3 cm³/mol. The zero-order valence-corrected chi connectivity index (χ0v) is 14.4. The maximum Gasteiger partial charge on any atom is 0.563 e. The molecule has 26 heavy (non-hydrogen) atoms. The monoisotopic (exact) mass is 370 g/mol. The third-order valence-electron chi connectivity index (χ3n) is 3.10. The molecule has 0 aliphatic carbocycles. The minimum Gasteiger partial charge on any atom is -0.531 e. The first kappa shape index (κ1) is 19.7. The molecule has 0 unspecified atom stereocenters. The Morgan fingerprint density at radius 3 is 2.77 bits per heavy atom. The summed E-state index contributed by atoms with van der Waals surface area (Å²) in [5, 5.41) is 9.60. The van der Waals surface area contributed by atoms with E-state index in [1.54, 1.807) is 13.0 Å². The number of benzene rings is 1. The number of carbonyl (C=O) groups excluding carboxylic acids is 2. The molecule has 0 atom stereocenters. The Kier molecular flexibility index (Phi) is 7.36. The lowest BCUT2D eigenvalue weighted by atomic mass is 9.91. The van der Waals surface area contributed by atoms with Gasteiger partial charge in [0.05, 0.1) is 13.2 Å². The summed E-state index contributed by atoms with van der Waals surface area (Å²) in [7, 11) is 0.216. The van der Waals surface area contributed by atoms with Gasteiger partial charge in [-0.05, 0) is 19.1 Å². The summed E-state index contributed by atoms with van der Waals surface area (Å²) < 4.78 is 34.9. The lowest BCUT2D eigenvalue weighted by Crippen LogP contribution is -2.35. The van der Waals surface area contributed by atoms with Crippen molar-refractivity contribution in [2.24, 2.45) is 0 Å². The highest BCUT2D eigenvalue weighted by Crippen LogP contribution is 2.40. The Bertz CT molecular complexity index is 635. The van der Waals surface area contributed by atoms with E-state index in [1.165, 1.54) is 13.2 Å². The molecule has 1 heterocycles. The molecule has 0 fully saturated rings. The first-order valence-corrected chi connectivity index (χ1v) is 7.79. The van der Waals surface area contributed by atoms with Crippen molar-refractivity contribution in [1.29, 1.82) is 0 Å². The summed E-state index contributed by atoms with van der Waals surface area (Å²) in [5.41, 5.74) is -0.0838. The Balaban J connectivity index is 2.03. The van der Waals surface area contributed by atoms with Crippen molar-refractivity contribution >= 4 is 19.2 Å². The van der Waals surface area contributed by atoms with Crippen molar-refractivity contribution in [3.8, 4) is 17.2 Å². The maximum atomic E-state index is 12.4. The molecule has 1 aliphatic rings. The molecule has 0 saturated heterocycles. The number of carbonyl (C=O) groups is 2. The minimum atomic E-state index is -1.24. The number of esters is 1. The fourth-order valence-corrected chi connectivity index (χ4v) is 2.03. The van der Waals surface area contributed by atoms with Gasteiger partial charge in [-0.1, -0.05) is 0 Å². The first-order chi connectivity index (χ1) is 12.6. The van der Waals surface area contributed by atoms with Gasteiger partial charge in [-0.3, -0.25) is 0 Å². The maximum absolute atomic E-state index is 12.4. The van der Waals surface area contributed by atoms with Gasteiger partial charge in [0.2, 0.25) is 6.79 Å². The summed E-state index contributed by atoms with van der Waals surface area (Å²) in [6, 6.07) is 3.06. The van der Waals surface area contributed by atoms with Gasteiger partial charge in [-0.2, -0.15) is 0 Å². The van der Waals surface area contributed by atoms with Gasteiger partial charge in [0.15, 0.2) is 11.5 Å². The highest BCUT2D eigenvalue weighted by molar-refractivity contribution is 6.44. The molecule has 11 heteroatoms. The summed E-state index contributed by atoms with van der Waals surface area (Å²) in [6.07, 6.45) is -1.01. The molecule has 1 aliphatic heterocycles. The highest BCUT2D eigenvalue weighted by atomic mass is 16.8. The quantitative estimate of drug-likeness (QED) is 0.304. The van der Waals surface area contributed by atoms with Crippen molar-refractivity contribution < 1.29 is 47.7 Å². The van der Waals surface area contributed by atoms with Crippen LogP contribution in [-0.2, 0) is 18.9 Å². The Labute approximate surface area is 150 Å². The molecule has 0 aromatic heterocycles. The van der Waals surface area contributed by atoms with Crippen molar-refractivity contribution in [2.45, 2.75) is 6.92 Å². The second kappa shape index (κ2) is 9.73. The molecule has 142 valence electrons. The fourth-order valence-electron chi connectivity index (χ4n) is 2.03. The van der Waals surface area contributed by atoms with Gasteiger partial charge in [-0.25, -0.2) is 9.59 Å². The van der Waals surface area contributed by atoms with Crippen LogP contribution in [0.4, 0.5) is 4.79 Å². The van der Waals surface area contributed by atoms with Gasteiger partial charge in [0, 0.05) is 7.11 Å². The van der Waals surface area contributed by atoms with Gasteiger partial charge in [0.25, 0.3) is 0 Å². The van der Waals surface area contributed by atoms with Crippen molar-refractivity contribution in [3.63, 3.8) is 0 Å². The number of ether oxygens (including phenoxy) is 6. The SMILES string of the molecule is CCOc1ccc2c(c1C(=O)OCOC(=O)OCCOC)OB(O)CO2. The fraction of sp³-hybridized carbons (Fsp3) is 0.467. The summed E-state index contributed by atoms with van der Waals surface area (Å²) in [5.74, 6) is -0.461. The summed E-state index contributed by atoms with van der Waals surface area (Å²) >= 11 is 0.